The van der Waals surface area contributed by atoms with E-state index in [1.807, 2.05) is 111 Å². The minimum absolute atomic E-state index is 0.0943. The molecule has 0 aromatic rings. The summed E-state index contributed by atoms with van der Waals surface area (Å²) in [6.07, 6.45) is 3.35. The second kappa shape index (κ2) is 23.4. The highest BCUT2D eigenvalue weighted by Gasteiger charge is 2.31. The lowest BCUT2D eigenvalue weighted by molar-refractivity contribution is -0.125. The zero-order valence-corrected chi connectivity index (χ0v) is 37.5. The third-order valence-corrected chi connectivity index (χ3v) is 8.61. The van der Waals surface area contributed by atoms with E-state index in [0.29, 0.717) is 65.3 Å². The van der Waals surface area contributed by atoms with Crippen molar-refractivity contribution in [1.82, 2.24) is 16.0 Å². The molecule has 3 N–H and O–H groups in total. The molecule has 0 spiro atoms. The number of hydrogen-bond donors (Lipinski definition) is 3. The summed E-state index contributed by atoms with van der Waals surface area (Å²) in [5.74, 6) is -0.283. The van der Waals surface area contributed by atoms with E-state index < -0.39 is 22.0 Å². The predicted molar refractivity (Wildman–Crippen MR) is 217 cm³/mol. The highest BCUT2D eigenvalue weighted by molar-refractivity contribution is 5.77. The zero-order valence-electron chi connectivity index (χ0n) is 37.5. The molecule has 0 aliphatic rings. The standard InChI is InChI=1S/C42H83N3O9/c1-17-42(30-49-24-18-33(46)43-39(11,12)21-27-52-36(2,3)4,31-50-25-19-34(47)44-40(13,14)22-28-53-37(5,6)7)32-51-26-20-35(48)45-41(15,16)23-29-54-38(8,9)10/h17-32H2,1-16H3,(H,43,46)(H,44,47)(H,45,48). The van der Waals surface area contributed by atoms with Crippen LogP contribution in [0.5, 0.6) is 0 Å². The number of amides is 3. The largest absolute Gasteiger partial charge is 0.380 e. The molecule has 0 rings (SSSR count). The Morgan fingerprint density at radius 2 is 0.648 bits per heavy atom. The van der Waals surface area contributed by atoms with E-state index in [1.54, 1.807) is 0 Å². The van der Waals surface area contributed by atoms with E-state index in [0.717, 1.165) is 0 Å². The van der Waals surface area contributed by atoms with Crippen LogP contribution in [0, 0.1) is 5.41 Å². The summed E-state index contributed by atoms with van der Waals surface area (Å²) in [6, 6.07) is 0. The molecule has 0 radical (unpaired) electrons. The van der Waals surface area contributed by atoms with Crippen molar-refractivity contribution in [2.45, 2.75) is 189 Å². The summed E-state index contributed by atoms with van der Waals surface area (Å²) in [7, 11) is 0. The van der Waals surface area contributed by atoms with Crippen molar-refractivity contribution >= 4 is 17.7 Å². The van der Waals surface area contributed by atoms with Crippen molar-refractivity contribution in [2.75, 3.05) is 59.5 Å². The first-order valence-corrected chi connectivity index (χ1v) is 20.1. The average molecular weight is 774 g/mol. The predicted octanol–water partition coefficient (Wildman–Crippen LogP) is 6.90. The number of ether oxygens (including phenoxy) is 6. The fraction of sp³-hybridized carbons (Fsp3) is 0.929. The first-order valence-electron chi connectivity index (χ1n) is 20.1. The second-order valence-corrected chi connectivity index (χ2v) is 19.7. The number of carbonyl (C=O) groups is 3. The molecule has 0 unspecified atom stereocenters. The van der Waals surface area contributed by atoms with Crippen molar-refractivity contribution in [2.24, 2.45) is 5.41 Å². The van der Waals surface area contributed by atoms with E-state index in [2.05, 4.69) is 16.0 Å². The van der Waals surface area contributed by atoms with Crippen molar-refractivity contribution in [3.63, 3.8) is 0 Å². The van der Waals surface area contributed by atoms with Gasteiger partial charge in [-0.1, -0.05) is 6.92 Å². The van der Waals surface area contributed by atoms with Gasteiger partial charge in [-0.25, -0.2) is 0 Å². The Bertz CT molecular complexity index is 955. The maximum atomic E-state index is 12.8. The maximum absolute atomic E-state index is 12.8. The van der Waals surface area contributed by atoms with Gasteiger partial charge >= 0.3 is 0 Å². The monoisotopic (exact) mass is 774 g/mol. The number of nitrogens with one attached hydrogen (secondary N) is 3. The molecular formula is C42H83N3O9. The van der Waals surface area contributed by atoms with Crippen LogP contribution in [0.4, 0.5) is 0 Å². The lowest BCUT2D eigenvalue weighted by Crippen LogP contribution is -2.45. The minimum atomic E-state index is -0.542. The smallest absolute Gasteiger partial charge is 0.222 e. The highest BCUT2D eigenvalue weighted by Crippen LogP contribution is 2.25. The Kier molecular flexibility index (Phi) is 22.6. The molecule has 12 nitrogen and oxygen atoms in total. The minimum Gasteiger partial charge on any atom is -0.380 e. The molecule has 12 heteroatoms. The Hall–Kier alpha value is -1.83. The third-order valence-electron chi connectivity index (χ3n) is 8.61. The Balaban J connectivity index is 5.20. The fourth-order valence-corrected chi connectivity index (χ4v) is 5.14. The van der Waals surface area contributed by atoms with Gasteiger partial charge in [-0.15, -0.1) is 0 Å². The van der Waals surface area contributed by atoms with Crippen LogP contribution in [0.2, 0.25) is 0 Å². The van der Waals surface area contributed by atoms with Gasteiger partial charge in [-0.2, -0.15) is 0 Å². The van der Waals surface area contributed by atoms with Crippen molar-refractivity contribution in [3.8, 4) is 0 Å². The molecule has 0 aliphatic heterocycles. The van der Waals surface area contributed by atoms with Crippen LogP contribution in [-0.4, -0.2) is 111 Å². The van der Waals surface area contributed by atoms with Crippen LogP contribution in [-0.2, 0) is 42.8 Å². The van der Waals surface area contributed by atoms with Crippen LogP contribution >= 0.6 is 0 Å². The van der Waals surface area contributed by atoms with Gasteiger partial charge in [0.2, 0.25) is 17.7 Å². The van der Waals surface area contributed by atoms with E-state index in [9.17, 15) is 14.4 Å². The number of carbonyl (C=O) groups excluding carboxylic acids is 3. The molecule has 0 aromatic carbocycles. The van der Waals surface area contributed by atoms with Crippen molar-refractivity contribution < 1.29 is 42.8 Å². The average Bonchev–Trinajstić information content (AvgIpc) is 2.96. The van der Waals surface area contributed by atoms with Gasteiger partial charge in [-0.05, 0) is 130 Å². The van der Waals surface area contributed by atoms with Gasteiger partial charge in [-0.3, -0.25) is 14.4 Å². The van der Waals surface area contributed by atoms with E-state index >= 15 is 0 Å². The highest BCUT2D eigenvalue weighted by atomic mass is 16.5. The quantitative estimate of drug-likeness (QED) is 0.0724. The van der Waals surface area contributed by atoms with Gasteiger partial charge in [0.1, 0.15) is 0 Å². The lowest BCUT2D eigenvalue weighted by atomic mass is 9.88. The van der Waals surface area contributed by atoms with Crippen LogP contribution in [0.25, 0.3) is 0 Å². The normalized spacial score (nSPS) is 13.6. The molecular weight excluding hydrogens is 690 g/mol. The van der Waals surface area contributed by atoms with Crippen LogP contribution < -0.4 is 16.0 Å². The van der Waals surface area contributed by atoms with Gasteiger partial charge in [0.15, 0.2) is 0 Å². The molecule has 0 bridgehead atoms. The first kappa shape index (κ1) is 52.2. The lowest BCUT2D eigenvalue weighted by Gasteiger charge is -2.32. The molecule has 0 aliphatic carbocycles. The Morgan fingerprint density at radius 3 is 0.852 bits per heavy atom. The van der Waals surface area contributed by atoms with Crippen LogP contribution in [0.1, 0.15) is 156 Å². The Labute approximate surface area is 330 Å². The summed E-state index contributed by atoms with van der Waals surface area (Å²) in [5, 5.41) is 9.27. The second-order valence-electron chi connectivity index (χ2n) is 19.7. The molecule has 0 saturated carbocycles. The summed E-state index contributed by atoms with van der Waals surface area (Å²) in [6.45, 7) is 35.3. The topological polar surface area (TPSA) is 143 Å². The first-order chi connectivity index (χ1) is 24.5. The van der Waals surface area contributed by atoms with Gasteiger partial charge < -0.3 is 44.4 Å². The molecule has 320 valence electrons. The van der Waals surface area contributed by atoms with Crippen molar-refractivity contribution in [3.05, 3.63) is 0 Å². The molecule has 0 heterocycles. The summed E-state index contributed by atoms with van der Waals surface area (Å²) in [5.41, 5.74) is -2.49. The van der Waals surface area contributed by atoms with Crippen LogP contribution in [0.15, 0.2) is 0 Å². The van der Waals surface area contributed by atoms with E-state index in [1.165, 1.54) is 0 Å². The molecule has 54 heavy (non-hydrogen) atoms. The van der Waals surface area contributed by atoms with E-state index in [4.69, 9.17) is 28.4 Å². The summed E-state index contributed by atoms with van der Waals surface area (Å²) in [4.78, 5) is 38.4. The number of rotatable bonds is 28. The molecule has 0 saturated heterocycles. The Morgan fingerprint density at radius 1 is 0.407 bits per heavy atom. The van der Waals surface area contributed by atoms with Gasteiger partial charge in [0, 0.05) is 61.1 Å². The summed E-state index contributed by atoms with van der Waals surface area (Å²) < 4.78 is 35.8. The van der Waals surface area contributed by atoms with E-state index in [-0.39, 0.29) is 73.6 Å². The summed E-state index contributed by atoms with van der Waals surface area (Å²) >= 11 is 0. The molecule has 0 aromatic heterocycles. The van der Waals surface area contributed by atoms with Crippen LogP contribution in [0.3, 0.4) is 0 Å². The van der Waals surface area contributed by atoms with Gasteiger partial charge in [0.25, 0.3) is 0 Å². The fourth-order valence-electron chi connectivity index (χ4n) is 5.14. The van der Waals surface area contributed by atoms with Crippen molar-refractivity contribution in [1.29, 1.82) is 0 Å². The maximum Gasteiger partial charge on any atom is 0.222 e. The third kappa shape index (κ3) is 29.5. The zero-order chi connectivity index (χ0) is 41.9. The molecule has 0 atom stereocenters. The molecule has 0 fully saturated rings. The van der Waals surface area contributed by atoms with Gasteiger partial charge in [0.05, 0.1) is 56.4 Å². The molecule has 3 amide bonds. The number of hydrogen-bond acceptors (Lipinski definition) is 9. The SMILES string of the molecule is CCC(COCCC(=O)NC(C)(C)CCOC(C)(C)C)(COCCC(=O)NC(C)(C)CCOC(C)(C)C)COCCC(=O)NC(C)(C)CCOC(C)(C)C.